The molecule has 0 N–H and O–H groups in total. The highest BCUT2D eigenvalue weighted by molar-refractivity contribution is 7.91. The van der Waals surface area contributed by atoms with Gasteiger partial charge in [-0.05, 0) is 30.2 Å². The van der Waals surface area contributed by atoms with Crippen molar-refractivity contribution in [2.45, 2.75) is 19.0 Å². The van der Waals surface area contributed by atoms with Gasteiger partial charge < -0.3 is 9.64 Å². The molecule has 144 valence electrons. The first-order chi connectivity index (χ1) is 12.8. The molecule has 0 saturated carbocycles. The van der Waals surface area contributed by atoms with Gasteiger partial charge >= 0.3 is 0 Å². The largest absolute Gasteiger partial charge is 0.484 e. The molecule has 0 aliphatic carbocycles. The standard InChI is InChI=1S/C18H18ClFN2O4S/c19-16-4-3-15(8-17(16)20)26-11-18(23)22(10-13-2-1-6-21-9-13)14-5-7-27(24,25)12-14/h1-4,6,8-9,14H,5,7,10-12H2. The van der Waals surface area contributed by atoms with E-state index in [0.29, 0.717) is 6.42 Å². The van der Waals surface area contributed by atoms with Crippen LogP contribution in [0.1, 0.15) is 12.0 Å². The van der Waals surface area contributed by atoms with Crippen LogP contribution < -0.4 is 4.74 Å². The Kier molecular flexibility index (Phi) is 5.96. The molecule has 27 heavy (non-hydrogen) atoms. The van der Waals surface area contributed by atoms with Gasteiger partial charge in [0.15, 0.2) is 16.4 Å². The molecule has 3 rings (SSSR count). The Labute approximate surface area is 161 Å². The lowest BCUT2D eigenvalue weighted by Gasteiger charge is -2.28. The van der Waals surface area contributed by atoms with E-state index in [1.54, 1.807) is 18.5 Å². The first-order valence-electron chi connectivity index (χ1n) is 8.31. The van der Waals surface area contributed by atoms with Crippen LogP contribution in [0.4, 0.5) is 4.39 Å². The maximum atomic E-state index is 13.5. The molecule has 1 saturated heterocycles. The molecule has 1 aromatic carbocycles. The number of carbonyl (C=O) groups excluding carboxylic acids is 1. The van der Waals surface area contributed by atoms with Crippen LogP contribution >= 0.6 is 11.6 Å². The molecule has 1 atom stereocenters. The van der Waals surface area contributed by atoms with Crippen molar-refractivity contribution >= 4 is 27.3 Å². The third kappa shape index (κ3) is 5.17. The molecule has 9 heteroatoms. The van der Waals surface area contributed by atoms with Crippen molar-refractivity contribution in [2.75, 3.05) is 18.1 Å². The summed E-state index contributed by atoms with van der Waals surface area (Å²) in [6.07, 6.45) is 3.62. The van der Waals surface area contributed by atoms with Crippen LogP contribution in [0.2, 0.25) is 5.02 Å². The minimum Gasteiger partial charge on any atom is -0.484 e. The van der Waals surface area contributed by atoms with E-state index in [1.165, 1.54) is 17.0 Å². The number of hydrogen-bond acceptors (Lipinski definition) is 5. The Hall–Kier alpha value is -2.19. The van der Waals surface area contributed by atoms with E-state index < -0.39 is 21.7 Å². The van der Waals surface area contributed by atoms with Crippen molar-refractivity contribution in [1.82, 2.24) is 9.88 Å². The molecule has 2 aromatic rings. The second kappa shape index (κ2) is 8.22. The van der Waals surface area contributed by atoms with Crippen LogP contribution in [0, 0.1) is 5.82 Å². The number of halogens is 2. The third-order valence-corrected chi connectivity index (χ3v) is 6.36. The van der Waals surface area contributed by atoms with Gasteiger partial charge in [0.2, 0.25) is 0 Å². The fourth-order valence-electron chi connectivity index (χ4n) is 2.93. The summed E-state index contributed by atoms with van der Waals surface area (Å²) in [6.45, 7) is -0.108. The number of sulfone groups is 1. The molecule has 0 radical (unpaired) electrons. The fraction of sp³-hybridized carbons (Fsp3) is 0.333. The SMILES string of the molecule is O=C(COc1ccc(Cl)c(F)c1)N(Cc1cccnc1)C1CCS(=O)(=O)C1. The zero-order valence-electron chi connectivity index (χ0n) is 14.3. The quantitative estimate of drug-likeness (QED) is 0.728. The molecule has 0 spiro atoms. The van der Waals surface area contributed by atoms with E-state index >= 15 is 0 Å². The molecule has 1 aliphatic heterocycles. The molecule has 0 bridgehead atoms. The number of carbonyl (C=O) groups is 1. The van der Waals surface area contributed by atoms with Gasteiger partial charge in [-0.25, -0.2) is 12.8 Å². The first kappa shape index (κ1) is 19.6. The smallest absolute Gasteiger partial charge is 0.261 e. The number of amides is 1. The highest BCUT2D eigenvalue weighted by atomic mass is 35.5. The molecule has 1 unspecified atom stereocenters. The van der Waals surface area contributed by atoms with Gasteiger partial charge in [0.05, 0.1) is 16.5 Å². The van der Waals surface area contributed by atoms with E-state index in [1.807, 2.05) is 6.07 Å². The van der Waals surface area contributed by atoms with Crippen LogP contribution in [-0.2, 0) is 21.2 Å². The Balaban J connectivity index is 1.72. The van der Waals surface area contributed by atoms with E-state index in [4.69, 9.17) is 16.3 Å². The van der Waals surface area contributed by atoms with Crippen LogP contribution in [0.3, 0.4) is 0 Å². The minimum atomic E-state index is -3.16. The predicted molar refractivity (Wildman–Crippen MR) is 98.8 cm³/mol. The van der Waals surface area contributed by atoms with Gasteiger partial charge in [-0.15, -0.1) is 0 Å². The molecule has 1 aliphatic rings. The van der Waals surface area contributed by atoms with Gasteiger partial charge in [-0.3, -0.25) is 9.78 Å². The summed E-state index contributed by atoms with van der Waals surface area (Å²) in [5.74, 6) is -0.871. The zero-order chi connectivity index (χ0) is 19.4. The van der Waals surface area contributed by atoms with Crippen LogP contribution in [0.5, 0.6) is 5.75 Å². The van der Waals surface area contributed by atoms with Crippen molar-refractivity contribution in [2.24, 2.45) is 0 Å². The van der Waals surface area contributed by atoms with E-state index in [0.717, 1.165) is 11.6 Å². The van der Waals surface area contributed by atoms with Gasteiger partial charge in [0, 0.05) is 31.0 Å². The average molecular weight is 413 g/mol. The minimum absolute atomic E-state index is 0.0388. The fourth-order valence-corrected chi connectivity index (χ4v) is 4.77. The van der Waals surface area contributed by atoms with E-state index in [9.17, 15) is 17.6 Å². The van der Waals surface area contributed by atoms with Crippen molar-refractivity contribution in [1.29, 1.82) is 0 Å². The second-order valence-electron chi connectivity index (χ2n) is 6.30. The lowest BCUT2D eigenvalue weighted by molar-refractivity contribution is -0.136. The van der Waals surface area contributed by atoms with Crippen LogP contribution in [0.25, 0.3) is 0 Å². The number of aromatic nitrogens is 1. The monoisotopic (exact) mass is 412 g/mol. The summed E-state index contributed by atoms with van der Waals surface area (Å²) in [4.78, 5) is 18.3. The molecule has 6 nitrogen and oxygen atoms in total. The Bertz CT molecular complexity index is 924. The summed E-state index contributed by atoms with van der Waals surface area (Å²) in [6, 6.07) is 7.04. The molecule has 1 aromatic heterocycles. The van der Waals surface area contributed by atoms with Crippen LogP contribution in [-0.4, -0.2) is 48.4 Å². The van der Waals surface area contributed by atoms with Crippen molar-refractivity contribution in [3.8, 4) is 5.75 Å². The summed E-state index contributed by atoms with van der Waals surface area (Å²) in [5, 5.41) is -0.0388. The van der Waals surface area contributed by atoms with E-state index in [-0.39, 0.29) is 41.3 Å². The summed E-state index contributed by atoms with van der Waals surface area (Å²) in [5.41, 5.74) is 0.785. The number of nitrogens with zero attached hydrogens (tertiary/aromatic N) is 2. The molecule has 2 heterocycles. The van der Waals surface area contributed by atoms with E-state index in [2.05, 4.69) is 4.98 Å². The molecule has 1 fully saturated rings. The summed E-state index contributed by atoms with van der Waals surface area (Å²) in [7, 11) is -3.16. The topological polar surface area (TPSA) is 76.6 Å². The van der Waals surface area contributed by atoms with Crippen molar-refractivity contribution in [3.05, 3.63) is 59.1 Å². The van der Waals surface area contributed by atoms with Gasteiger partial charge in [0.1, 0.15) is 11.6 Å². The lowest BCUT2D eigenvalue weighted by Crippen LogP contribution is -2.43. The first-order valence-corrected chi connectivity index (χ1v) is 10.5. The van der Waals surface area contributed by atoms with Crippen molar-refractivity contribution < 1.29 is 22.3 Å². The summed E-state index contributed by atoms with van der Waals surface area (Å²) < 4.78 is 42.5. The number of benzene rings is 1. The Morgan fingerprint density at radius 2 is 2.19 bits per heavy atom. The van der Waals surface area contributed by atoms with Gasteiger partial charge in [-0.2, -0.15) is 0 Å². The maximum absolute atomic E-state index is 13.5. The second-order valence-corrected chi connectivity index (χ2v) is 8.94. The number of rotatable bonds is 6. The highest BCUT2D eigenvalue weighted by Crippen LogP contribution is 2.22. The predicted octanol–water partition coefficient (Wildman–Crippen LogP) is 2.47. The number of pyridine rings is 1. The maximum Gasteiger partial charge on any atom is 0.261 e. The Morgan fingerprint density at radius 1 is 1.37 bits per heavy atom. The zero-order valence-corrected chi connectivity index (χ0v) is 15.9. The van der Waals surface area contributed by atoms with Crippen molar-refractivity contribution in [3.63, 3.8) is 0 Å². The van der Waals surface area contributed by atoms with Gasteiger partial charge in [0.25, 0.3) is 5.91 Å². The summed E-state index contributed by atoms with van der Waals surface area (Å²) >= 11 is 5.63. The van der Waals surface area contributed by atoms with Crippen LogP contribution in [0.15, 0.2) is 42.7 Å². The third-order valence-electron chi connectivity index (χ3n) is 4.30. The number of hydrogen-bond donors (Lipinski definition) is 0. The highest BCUT2D eigenvalue weighted by Gasteiger charge is 2.34. The molecular formula is C18H18ClFN2O4S. The normalized spacial score (nSPS) is 18.2. The molecule has 1 amide bonds. The average Bonchev–Trinajstić information content (AvgIpc) is 3.01. The van der Waals surface area contributed by atoms with Gasteiger partial charge in [-0.1, -0.05) is 17.7 Å². The molecular weight excluding hydrogens is 395 g/mol. The lowest BCUT2D eigenvalue weighted by atomic mass is 10.2. The number of ether oxygens (including phenoxy) is 1. The Morgan fingerprint density at radius 3 is 2.81 bits per heavy atom.